The lowest BCUT2D eigenvalue weighted by Crippen LogP contribution is -2.02. The van der Waals surface area contributed by atoms with Crippen molar-refractivity contribution < 1.29 is 9.53 Å². The van der Waals surface area contributed by atoms with E-state index in [0.717, 1.165) is 23.6 Å². The van der Waals surface area contributed by atoms with Crippen LogP contribution in [0.15, 0.2) is 36.4 Å². The molecule has 0 aromatic heterocycles. The quantitative estimate of drug-likeness (QED) is 0.734. The highest BCUT2D eigenvalue weighted by molar-refractivity contribution is 6.02. The summed E-state index contributed by atoms with van der Waals surface area (Å²) in [7, 11) is 1.61. The Bertz CT molecular complexity index is 558. The van der Waals surface area contributed by atoms with Crippen LogP contribution in [0.4, 0.5) is 0 Å². The number of hydrogen-bond acceptors (Lipinski definition) is 2. The predicted octanol–water partition coefficient (Wildman–Crippen LogP) is 4.22. The van der Waals surface area contributed by atoms with Crippen molar-refractivity contribution in [2.75, 3.05) is 7.11 Å². The number of carbonyl (C=O) groups is 1. The fourth-order valence-electron chi connectivity index (χ4n) is 2.08. The van der Waals surface area contributed by atoms with Crippen molar-refractivity contribution in [3.63, 3.8) is 0 Å². The highest BCUT2D eigenvalue weighted by Crippen LogP contribution is 2.27. The van der Waals surface area contributed by atoms with Gasteiger partial charge in [-0.2, -0.15) is 0 Å². The normalized spacial score (nSPS) is 10.6. The van der Waals surface area contributed by atoms with E-state index in [1.165, 1.54) is 0 Å². The second kappa shape index (κ2) is 5.67. The maximum atomic E-state index is 12.1. The molecule has 2 aromatic rings. The number of ether oxygens (including phenoxy) is 1. The zero-order valence-corrected chi connectivity index (χ0v) is 10.9. The van der Waals surface area contributed by atoms with Gasteiger partial charge in [-0.1, -0.05) is 37.6 Å². The van der Waals surface area contributed by atoms with Gasteiger partial charge in [-0.3, -0.25) is 4.79 Å². The fraction of sp³-hybridized carbons (Fsp3) is 0.312. The van der Waals surface area contributed by atoms with Crippen molar-refractivity contribution in [1.82, 2.24) is 0 Å². The van der Waals surface area contributed by atoms with Gasteiger partial charge in [-0.05, 0) is 29.3 Å². The van der Waals surface area contributed by atoms with Gasteiger partial charge in [0.05, 0.1) is 12.7 Å². The molecule has 0 bridgehead atoms. The maximum absolute atomic E-state index is 12.1. The highest BCUT2D eigenvalue weighted by atomic mass is 16.5. The lowest BCUT2D eigenvalue weighted by molar-refractivity contribution is 0.0977. The molecule has 2 heteroatoms. The van der Waals surface area contributed by atoms with Crippen LogP contribution in [0.5, 0.6) is 5.75 Å². The van der Waals surface area contributed by atoms with Crippen LogP contribution in [-0.2, 0) is 0 Å². The summed E-state index contributed by atoms with van der Waals surface area (Å²) >= 11 is 0. The maximum Gasteiger partial charge on any atom is 0.166 e. The van der Waals surface area contributed by atoms with Gasteiger partial charge in [0.25, 0.3) is 0 Å². The molecule has 0 aliphatic carbocycles. The molecular weight excluding hydrogens is 224 g/mol. The molecule has 0 heterocycles. The van der Waals surface area contributed by atoms with Crippen molar-refractivity contribution in [1.29, 1.82) is 0 Å². The van der Waals surface area contributed by atoms with Crippen LogP contribution >= 0.6 is 0 Å². The van der Waals surface area contributed by atoms with Gasteiger partial charge in [0.2, 0.25) is 0 Å². The number of benzene rings is 2. The van der Waals surface area contributed by atoms with Gasteiger partial charge < -0.3 is 4.74 Å². The molecule has 0 unspecified atom stereocenters. The van der Waals surface area contributed by atoms with Crippen molar-refractivity contribution in [3.05, 3.63) is 42.0 Å². The smallest absolute Gasteiger partial charge is 0.166 e. The summed E-state index contributed by atoms with van der Waals surface area (Å²) < 4.78 is 5.33. The highest BCUT2D eigenvalue weighted by Gasteiger charge is 2.12. The third-order valence-corrected chi connectivity index (χ3v) is 3.13. The lowest BCUT2D eigenvalue weighted by Gasteiger charge is -2.09. The van der Waals surface area contributed by atoms with Gasteiger partial charge >= 0.3 is 0 Å². The lowest BCUT2D eigenvalue weighted by atomic mass is 10.0. The zero-order chi connectivity index (χ0) is 13.0. The van der Waals surface area contributed by atoms with Crippen LogP contribution < -0.4 is 4.74 Å². The molecule has 0 amide bonds. The molecule has 0 saturated heterocycles. The summed E-state index contributed by atoms with van der Waals surface area (Å²) in [6, 6.07) is 11.9. The minimum atomic E-state index is 0.166. The molecule has 2 nitrogen and oxygen atoms in total. The Hall–Kier alpha value is -1.83. The van der Waals surface area contributed by atoms with Crippen molar-refractivity contribution in [2.45, 2.75) is 26.2 Å². The third kappa shape index (κ3) is 2.53. The molecule has 0 spiro atoms. The molecule has 0 fully saturated rings. The minimum Gasteiger partial charge on any atom is -0.496 e. The van der Waals surface area contributed by atoms with E-state index in [4.69, 9.17) is 4.74 Å². The Kier molecular flexibility index (Phi) is 3.98. The second-order valence-corrected chi connectivity index (χ2v) is 4.43. The Morgan fingerprint density at radius 1 is 1.17 bits per heavy atom. The van der Waals surface area contributed by atoms with Crippen LogP contribution in [0.1, 0.15) is 36.5 Å². The average molecular weight is 242 g/mol. The molecule has 18 heavy (non-hydrogen) atoms. The number of hydrogen-bond donors (Lipinski definition) is 0. The van der Waals surface area contributed by atoms with Crippen molar-refractivity contribution in [3.8, 4) is 5.75 Å². The molecule has 0 N–H and O–H groups in total. The first kappa shape index (κ1) is 12.6. The van der Waals surface area contributed by atoms with E-state index in [-0.39, 0.29) is 5.78 Å². The van der Waals surface area contributed by atoms with Crippen LogP contribution in [0.3, 0.4) is 0 Å². The third-order valence-electron chi connectivity index (χ3n) is 3.13. The minimum absolute atomic E-state index is 0.166. The molecule has 0 atom stereocenters. The second-order valence-electron chi connectivity index (χ2n) is 4.43. The number of fused-ring (bicyclic) bond motifs is 1. The summed E-state index contributed by atoms with van der Waals surface area (Å²) in [6.45, 7) is 2.09. The molecule has 0 radical (unpaired) electrons. The van der Waals surface area contributed by atoms with Crippen LogP contribution in [0, 0.1) is 0 Å². The number of ketones is 1. The number of Topliss-reactive ketones (excluding diaryl/α,β-unsaturated/α-hetero) is 1. The summed E-state index contributed by atoms with van der Waals surface area (Å²) in [4.78, 5) is 12.1. The number of rotatable bonds is 5. The first-order valence-corrected chi connectivity index (χ1v) is 6.36. The van der Waals surface area contributed by atoms with E-state index in [1.807, 2.05) is 36.4 Å². The predicted molar refractivity (Wildman–Crippen MR) is 74.4 cm³/mol. The van der Waals surface area contributed by atoms with E-state index in [9.17, 15) is 4.79 Å². The van der Waals surface area contributed by atoms with Gasteiger partial charge in [-0.25, -0.2) is 0 Å². The van der Waals surface area contributed by atoms with Crippen LogP contribution in [0.25, 0.3) is 10.8 Å². The molecule has 0 saturated carbocycles. The number of carbonyl (C=O) groups excluding carboxylic acids is 1. The van der Waals surface area contributed by atoms with Gasteiger partial charge in [0.1, 0.15) is 5.75 Å². The molecule has 0 aliphatic heterocycles. The van der Waals surface area contributed by atoms with E-state index in [0.29, 0.717) is 17.7 Å². The van der Waals surface area contributed by atoms with E-state index >= 15 is 0 Å². The van der Waals surface area contributed by atoms with E-state index in [2.05, 4.69) is 6.92 Å². The number of methoxy groups -OCH3 is 1. The topological polar surface area (TPSA) is 26.3 Å². The summed E-state index contributed by atoms with van der Waals surface area (Å²) in [5.74, 6) is 0.842. The molecule has 2 aromatic carbocycles. The molecule has 2 rings (SSSR count). The fourth-order valence-corrected chi connectivity index (χ4v) is 2.08. The van der Waals surface area contributed by atoms with E-state index < -0.39 is 0 Å². The van der Waals surface area contributed by atoms with Crippen molar-refractivity contribution >= 4 is 16.6 Å². The first-order valence-electron chi connectivity index (χ1n) is 6.36. The SMILES string of the molecule is CCCCC(=O)c1cc2ccccc2cc1OC. The summed E-state index contributed by atoms with van der Waals surface area (Å²) in [5, 5.41) is 2.18. The standard InChI is InChI=1S/C16H18O2/c1-3-4-9-15(17)14-10-12-7-5-6-8-13(12)11-16(14)18-2/h5-8,10-11H,3-4,9H2,1-2H3. The monoisotopic (exact) mass is 242 g/mol. The Balaban J connectivity index is 2.44. The summed E-state index contributed by atoms with van der Waals surface area (Å²) in [6.07, 6.45) is 2.54. The number of unbranched alkanes of at least 4 members (excludes halogenated alkanes) is 1. The molecule has 94 valence electrons. The van der Waals surface area contributed by atoms with E-state index in [1.54, 1.807) is 7.11 Å². The first-order chi connectivity index (χ1) is 8.76. The zero-order valence-electron chi connectivity index (χ0n) is 10.9. The summed E-state index contributed by atoms with van der Waals surface area (Å²) in [5.41, 5.74) is 0.699. The van der Waals surface area contributed by atoms with Crippen LogP contribution in [-0.4, -0.2) is 12.9 Å². The van der Waals surface area contributed by atoms with Crippen molar-refractivity contribution in [2.24, 2.45) is 0 Å². The molecular formula is C16H18O2. The Morgan fingerprint density at radius 2 is 1.83 bits per heavy atom. The van der Waals surface area contributed by atoms with Gasteiger partial charge in [0, 0.05) is 6.42 Å². The van der Waals surface area contributed by atoms with Crippen LogP contribution in [0.2, 0.25) is 0 Å². The Morgan fingerprint density at radius 3 is 2.44 bits per heavy atom. The molecule has 0 aliphatic rings. The van der Waals surface area contributed by atoms with Gasteiger partial charge in [-0.15, -0.1) is 0 Å². The Labute approximate surface area is 108 Å². The van der Waals surface area contributed by atoms with Gasteiger partial charge in [0.15, 0.2) is 5.78 Å². The average Bonchev–Trinajstić information content (AvgIpc) is 2.43. The largest absolute Gasteiger partial charge is 0.496 e.